The number of aromatic nitrogens is 3. The monoisotopic (exact) mass is 789 g/mol. The zero-order valence-corrected chi connectivity index (χ0v) is 33.9. The third-order valence-corrected chi connectivity index (χ3v) is 12.3. The van der Waals surface area contributed by atoms with Crippen molar-refractivity contribution in [3.05, 3.63) is 237 Å². The van der Waals surface area contributed by atoms with Gasteiger partial charge in [0.2, 0.25) is 0 Å². The minimum Gasteiger partial charge on any atom is -0.309 e. The van der Waals surface area contributed by atoms with Gasteiger partial charge in [-0.25, -0.2) is 4.98 Å². The molecule has 3 heteroatoms. The highest BCUT2D eigenvalue weighted by molar-refractivity contribution is 6.13. The van der Waals surface area contributed by atoms with Crippen molar-refractivity contribution in [2.24, 2.45) is 0 Å². The Labute approximate surface area is 360 Å². The van der Waals surface area contributed by atoms with E-state index in [9.17, 15) is 0 Å². The Morgan fingerprint density at radius 1 is 0.226 bits per heavy atom. The number of fused-ring (bicyclic) bond motifs is 6. The molecule has 9 aromatic carbocycles. The zero-order chi connectivity index (χ0) is 41.0. The van der Waals surface area contributed by atoms with Gasteiger partial charge in [-0.05, 0) is 94.0 Å². The number of hydrogen-bond donors (Lipinski definition) is 0. The molecule has 12 aromatic rings. The first-order chi connectivity index (χ1) is 30.7. The van der Waals surface area contributed by atoms with Crippen LogP contribution < -0.4 is 0 Å². The summed E-state index contributed by atoms with van der Waals surface area (Å²) in [7, 11) is 0. The van der Waals surface area contributed by atoms with E-state index in [1.54, 1.807) is 0 Å². The van der Waals surface area contributed by atoms with E-state index in [0.717, 1.165) is 44.9 Å². The van der Waals surface area contributed by atoms with Gasteiger partial charge in [0.1, 0.15) is 0 Å². The highest BCUT2D eigenvalue weighted by Gasteiger charge is 2.18. The Morgan fingerprint density at radius 3 is 1.13 bits per heavy atom. The zero-order valence-electron chi connectivity index (χ0n) is 33.9. The molecule has 0 amide bonds. The van der Waals surface area contributed by atoms with Crippen molar-refractivity contribution in [3.63, 3.8) is 0 Å². The average molecular weight is 790 g/mol. The normalized spacial score (nSPS) is 11.5. The minimum atomic E-state index is 0.946. The van der Waals surface area contributed by atoms with Gasteiger partial charge in [-0.3, -0.25) is 0 Å². The quantitative estimate of drug-likeness (QED) is 0.158. The van der Waals surface area contributed by atoms with Crippen LogP contribution in [-0.2, 0) is 0 Å². The molecule has 0 aliphatic carbocycles. The Kier molecular flexibility index (Phi) is 8.50. The molecule has 0 fully saturated rings. The Morgan fingerprint density at radius 2 is 0.597 bits per heavy atom. The first-order valence-corrected chi connectivity index (χ1v) is 21.2. The molecule has 0 bridgehead atoms. The lowest BCUT2D eigenvalue weighted by Crippen LogP contribution is -1.98. The van der Waals surface area contributed by atoms with Crippen LogP contribution in [0.4, 0.5) is 0 Å². The second-order valence-electron chi connectivity index (χ2n) is 16.0. The van der Waals surface area contributed by atoms with Gasteiger partial charge in [0.05, 0.1) is 39.1 Å². The molecule has 0 radical (unpaired) electrons. The predicted octanol–water partition coefficient (Wildman–Crippen LogP) is 15.6. The third kappa shape index (κ3) is 6.10. The lowest BCUT2D eigenvalue weighted by molar-refractivity contribution is 1.16. The smallest absolute Gasteiger partial charge is 0.0730 e. The largest absolute Gasteiger partial charge is 0.309 e. The van der Waals surface area contributed by atoms with Gasteiger partial charge in [0, 0.05) is 38.4 Å². The molecular weight excluding hydrogens is 751 g/mol. The number of para-hydroxylation sites is 2. The van der Waals surface area contributed by atoms with Gasteiger partial charge in [0.25, 0.3) is 0 Å². The van der Waals surface area contributed by atoms with Crippen molar-refractivity contribution >= 4 is 43.6 Å². The molecule has 0 aliphatic rings. The topological polar surface area (TPSA) is 22.8 Å². The molecule has 3 heterocycles. The van der Waals surface area contributed by atoms with Crippen LogP contribution >= 0.6 is 0 Å². The van der Waals surface area contributed by atoms with Gasteiger partial charge >= 0.3 is 0 Å². The fourth-order valence-corrected chi connectivity index (χ4v) is 9.33. The molecule has 290 valence electrons. The van der Waals surface area contributed by atoms with Gasteiger partial charge < -0.3 is 9.13 Å². The van der Waals surface area contributed by atoms with E-state index in [1.165, 1.54) is 66.0 Å². The van der Waals surface area contributed by atoms with E-state index in [4.69, 9.17) is 4.98 Å². The molecular formula is C59H39N3. The fourth-order valence-electron chi connectivity index (χ4n) is 9.33. The Bertz CT molecular complexity index is 3540. The van der Waals surface area contributed by atoms with E-state index in [1.807, 2.05) is 0 Å². The lowest BCUT2D eigenvalue weighted by Gasteiger charge is -2.13. The van der Waals surface area contributed by atoms with Crippen molar-refractivity contribution < 1.29 is 0 Å². The van der Waals surface area contributed by atoms with Crippen LogP contribution in [0.3, 0.4) is 0 Å². The second-order valence-corrected chi connectivity index (χ2v) is 16.0. The second kappa shape index (κ2) is 14.8. The summed E-state index contributed by atoms with van der Waals surface area (Å²) in [6.45, 7) is 0. The van der Waals surface area contributed by atoms with Crippen LogP contribution in [-0.4, -0.2) is 14.1 Å². The predicted molar refractivity (Wildman–Crippen MR) is 260 cm³/mol. The molecule has 0 saturated heterocycles. The maximum Gasteiger partial charge on any atom is 0.0730 e. The van der Waals surface area contributed by atoms with Crippen LogP contribution in [0.2, 0.25) is 0 Å². The van der Waals surface area contributed by atoms with Crippen molar-refractivity contribution in [1.82, 2.24) is 14.1 Å². The third-order valence-electron chi connectivity index (χ3n) is 12.3. The summed E-state index contributed by atoms with van der Waals surface area (Å²) in [6.07, 6.45) is 0. The number of benzene rings is 9. The molecule has 3 aromatic heterocycles. The molecule has 0 aliphatic heterocycles. The summed E-state index contributed by atoms with van der Waals surface area (Å²) >= 11 is 0. The number of nitrogens with zero attached hydrogens (tertiary/aromatic N) is 3. The number of hydrogen-bond acceptors (Lipinski definition) is 1. The fraction of sp³-hybridized carbons (Fsp3) is 0. The van der Waals surface area contributed by atoms with E-state index in [-0.39, 0.29) is 0 Å². The van der Waals surface area contributed by atoms with Crippen molar-refractivity contribution in [3.8, 4) is 67.3 Å². The molecule has 62 heavy (non-hydrogen) atoms. The Balaban J connectivity index is 0.968. The van der Waals surface area contributed by atoms with Gasteiger partial charge in [-0.15, -0.1) is 0 Å². The van der Waals surface area contributed by atoms with E-state index in [0.29, 0.717) is 0 Å². The Hall–Kier alpha value is -8.27. The van der Waals surface area contributed by atoms with E-state index < -0.39 is 0 Å². The molecule has 0 spiro atoms. The number of pyridine rings is 1. The van der Waals surface area contributed by atoms with Gasteiger partial charge in [-0.1, -0.05) is 176 Å². The standard InChI is InChI=1S/C59H39N3/c1-4-15-40(16-5-1)41-27-29-42(30-28-41)45-21-14-22-48(35-45)61-56-25-12-10-23-50(56)52-36-46(31-33-58(52)61)47-32-34-59-53(37-47)51-24-11-13-26-57(51)62(59)49-38-54(43-17-6-2-7-18-43)60-55(39-49)44-19-8-3-9-20-44/h1-39H. The SMILES string of the molecule is c1ccc(-c2ccc(-c3cccc(-n4c5ccccc5c5cc(-c6ccc7c(c6)c6ccccc6n7-c6cc(-c7ccccc7)nc(-c7ccccc7)c6)ccc54)c3)cc2)cc1. The highest BCUT2D eigenvalue weighted by Crippen LogP contribution is 2.40. The molecule has 3 nitrogen and oxygen atoms in total. The minimum absolute atomic E-state index is 0.946. The van der Waals surface area contributed by atoms with Crippen LogP contribution in [0.15, 0.2) is 237 Å². The van der Waals surface area contributed by atoms with Crippen LogP contribution in [0.25, 0.3) is 111 Å². The molecule has 12 rings (SSSR count). The van der Waals surface area contributed by atoms with E-state index in [2.05, 4.69) is 246 Å². The molecule has 0 N–H and O–H groups in total. The van der Waals surface area contributed by atoms with Gasteiger partial charge in [0.15, 0.2) is 0 Å². The maximum atomic E-state index is 5.18. The van der Waals surface area contributed by atoms with Crippen LogP contribution in [0.1, 0.15) is 0 Å². The molecule has 0 atom stereocenters. The lowest BCUT2D eigenvalue weighted by atomic mass is 10.00. The first-order valence-electron chi connectivity index (χ1n) is 21.2. The first kappa shape index (κ1) is 35.7. The van der Waals surface area contributed by atoms with Crippen molar-refractivity contribution in [1.29, 1.82) is 0 Å². The molecule has 0 saturated carbocycles. The van der Waals surface area contributed by atoms with Crippen LogP contribution in [0.5, 0.6) is 0 Å². The number of rotatable bonds is 7. The summed E-state index contributed by atoms with van der Waals surface area (Å²) in [5.74, 6) is 0. The summed E-state index contributed by atoms with van der Waals surface area (Å²) < 4.78 is 4.81. The summed E-state index contributed by atoms with van der Waals surface area (Å²) in [5, 5.41) is 4.90. The summed E-state index contributed by atoms with van der Waals surface area (Å²) in [6, 6.07) is 85.2. The van der Waals surface area contributed by atoms with Crippen molar-refractivity contribution in [2.75, 3.05) is 0 Å². The van der Waals surface area contributed by atoms with Crippen molar-refractivity contribution in [2.45, 2.75) is 0 Å². The van der Waals surface area contributed by atoms with Crippen LogP contribution in [0, 0.1) is 0 Å². The van der Waals surface area contributed by atoms with E-state index >= 15 is 0 Å². The van der Waals surface area contributed by atoms with Gasteiger partial charge in [-0.2, -0.15) is 0 Å². The maximum absolute atomic E-state index is 5.18. The summed E-state index contributed by atoms with van der Waals surface area (Å²) in [5.41, 5.74) is 18.2. The average Bonchev–Trinajstić information content (AvgIpc) is 3.87. The summed E-state index contributed by atoms with van der Waals surface area (Å²) in [4.78, 5) is 5.18. The molecule has 0 unspecified atom stereocenters. The highest BCUT2D eigenvalue weighted by atomic mass is 15.0.